The second-order valence-corrected chi connectivity index (χ2v) is 19.6. The minimum Gasteiger partial charge on any atom is -0.495 e. The minimum atomic E-state index is -3.63. The molecule has 16 nitrogen and oxygen atoms in total. The van der Waals surface area contributed by atoms with Crippen LogP contribution in [-0.2, 0) is 23.9 Å². The minimum absolute atomic E-state index is 0.0131. The SMILES string of the molecule is CCC(C)(CCNc1ccc(C2CCC(=O)NC2=O)cc1)OCCOC(C)(CC)CCN1CCC(NC(=O)c2cc(OC)c(Nc3ncc4c(n3)N(C3CCCC3)CC(F)(F)C(=O)N4C)cc2F)CC1. The number of carbonyl (C=O) groups is 4. The van der Waals surface area contributed by atoms with Crippen LogP contribution in [-0.4, -0.2) is 128 Å². The zero-order valence-corrected chi connectivity index (χ0v) is 41.4. The molecule has 0 bridgehead atoms. The summed E-state index contributed by atoms with van der Waals surface area (Å²) in [5, 5.41) is 11.8. The fourth-order valence-corrected chi connectivity index (χ4v) is 9.77. The molecule has 3 unspecified atom stereocenters. The van der Waals surface area contributed by atoms with Gasteiger partial charge >= 0.3 is 5.92 Å². The van der Waals surface area contributed by atoms with E-state index in [1.165, 1.54) is 31.3 Å². The molecule has 3 fully saturated rings. The number of nitrogens with one attached hydrogen (secondary N) is 4. The number of carbonyl (C=O) groups excluding carboxylic acids is 4. The number of anilines is 5. The molecule has 0 radical (unpaired) electrons. The number of hydrogen-bond donors (Lipinski definition) is 4. The number of rotatable bonds is 21. The van der Waals surface area contributed by atoms with Crippen LogP contribution in [0.3, 0.4) is 0 Å². The number of imide groups is 1. The Labute approximate surface area is 409 Å². The van der Waals surface area contributed by atoms with Crippen LogP contribution in [0.15, 0.2) is 42.6 Å². The second-order valence-electron chi connectivity index (χ2n) is 19.6. The Morgan fingerprint density at radius 2 is 1.61 bits per heavy atom. The van der Waals surface area contributed by atoms with Crippen LogP contribution in [0, 0.1) is 5.82 Å². The molecule has 1 aliphatic carbocycles. The summed E-state index contributed by atoms with van der Waals surface area (Å²) in [5.41, 5.74) is 1.27. The zero-order chi connectivity index (χ0) is 50.2. The Morgan fingerprint density at radius 3 is 2.26 bits per heavy atom. The van der Waals surface area contributed by atoms with E-state index in [9.17, 15) is 19.2 Å². The number of hydrogen-bond acceptors (Lipinski definition) is 13. The van der Waals surface area contributed by atoms with Crippen molar-refractivity contribution in [3.05, 3.63) is 59.5 Å². The molecule has 19 heteroatoms. The lowest BCUT2D eigenvalue weighted by Gasteiger charge is -2.36. The highest BCUT2D eigenvalue weighted by Crippen LogP contribution is 2.40. The third kappa shape index (κ3) is 12.7. The molecule has 0 spiro atoms. The lowest BCUT2D eigenvalue weighted by Crippen LogP contribution is -2.48. The van der Waals surface area contributed by atoms with E-state index < -0.39 is 30.1 Å². The van der Waals surface area contributed by atoms with Gasteiger partial charge in [0.15, 0.2) is 5.82 Å². The standard InChI is InChI=1S/C51H70F3N9O7/c1-7-49(3,21-23-55-34-15-13-33(14-16-34)37-17-18-43(64)59-45(37)65)69-27-28-70-50(4,8-2)22-26-62-24-19-35(20-25-62)57-46(66)38-29-42(68-6)40(30-39(38)52)58-48-56-31-41-44(60-48)63(36-11-9-10-12-36)32-51(53,54)47(67)61(41)5/h13-16,29-31,35-37,55H,7-12,17-28,32H2,1-6H3,(H,57,66)(H,56,58,60)(H,59,64,65). The van der Waals surface area contributed by atoms with Gasteiger partial charge in [0.1, 0.15) is 17.3 Å². The summed E-state index contributed by atoms with van der Waals surface area (Å²) >= 11 is 0. The summed E-state index contributed by atoms with van der Waals surface area (Å²) < 4.78 is 64.3. The molecule has 4 amide bonds. The van der Waals surface area contributed by atoms with E-state index in [-0.39, 0.29) is 75.5 Å². The highest BCUT2D eigenvalue weighted by molar-refractivity contribution is 6.02. The maximum atomic E-state index is 15.7. The molecule has 7 rings (SSSR count). The van der Waals surface area contributed by atoms with Crippen LogP contribution in [0.4, 0.5) is 42.0 Å². The zero-order valence-electron chi connectivity index (χ0n) is 41.4. The number of benzene rings is 2. The van der Waals surface area contributed by atoms with Gasteiger partial charge in [0.05, 0.1) is 61.4 Å². The number of aromatic nitrogens is 2. The summed E-state index contributed by atoms with van der Waals surface area (Å²) in [6.07, 6.45) is 9.98. The fraction of sp³-hybridized carbons (Fsp3) is 0.608. The van der Waals surface area contributed by atoms with E-state index in [1.54, 1.807) is 0 Å². The molecule has 3 atom stereocenters. The van der Waals surface area contributed by atoms with Crippen molar-refractivity contribution in [2.75, 3.05) is 80.5 Å². The first-order chi connectivity index (χ1) is 33.4. The quantitative estimate of drug-likeness (QED) is 0.0603. The molecular weight excluding hydrogens is 908 g/mol. The van der Waals surface area contributed by atoms with Crippen molar-refractivity contribution < 1.29 is 46.6 Å². The predicted molar refractivity (Wildman–Crippen MR) is 262 cm³/mol. The number of halogens is 3. The number of piperidine rings is 2. The van der Waals surface area contributed by atoms with Crippen molar-refractivity contribution in [1.82, 2.24) is 25.5 Å². The van der Waals surface area contributed by atoms with Gasteiger partial charge in [0, 0.05) is 63.5 Å². The first-order valence-corrected chi connectivity index (χ1v) is 24.9. The Morgan fingerprint density at radius 1 is 0.943 bits per heavy atom. The summed E-state index contributed by atoms with van der Waals surface area (Å²) in [4.78, 5) is 63.6. The molecule has 3 aromatic rings. The number of fused-ring (bicyclic) bond motifs is 1. The van der Waals surface area contributed by atoms with Crippen molar-refractivity contribution in [3.63, 3.8) is 0 Å². The third-order valence-corrected chi connectivity index (χ3v) is 14.8. The monoisotopic (exact) mass is 978 g/mol. The molecule has 4 heterocycles. The average Bonchev–Trinajstić information content (AvgIpc) is 3.88. The Balaban J connectivity index is 0.843. The maximum absolute atomic E-state index is 15.7. The predicted octanol–water partition coefficient (Wildman–Crippen LogP) is 7.71. The van der Waals surface area contributed by atoms with Gasteiger partial charge < -0.3 is 44.9 Å². The van der Waals surface area contributed by atoms with Gasteiger partial charge in [0.2, 0.25) is 17.8 Å². The van der Waals surface area contributed by atoms with Crippen molar-refractivity contribution >= 4 is 52.5 Å². The molecule has 2 saturated heterocycles. The molecule has 70 heavy (non-hydrogen) atoms. The number of amides is 4. The molecule has 1 saturated carbocycles. The molecule has 3 aliphatic heterocycles. The van der Waals surface area contributed by atoms with E-state index in [4.69, 9.17) is 14.2 Å². The van der Waals surface area contributed by atoms with Crippen molar-refractivity contribution in [3.8, 4) is 5.75 Å². The number of alkyl halides is 2. The molecule has 382 valence electrons. The largest absolute Gasteiger partial charge is 0.495 e. The molecule has 1 aromatic heterocycles. The number of methoxy groups -OCH3 is 1. The lowest BCUT2D eigenvalue weighted by atomic mass is 9.90. The molecule has 4 N–H and O–H groups in total. The van der Waals surface area contributed by atoms with Crippen LogP contribution in [0.5, 0.6) is 5.75 Å². The Hall–Kier alpha value is -5.53. The van der Waals surface area contributed by atoms with Crippen molar-refractivity contribution in [1.29, 1.82) is 0 Å². The van der Waals surface area contributed by atoms with Gasteiger partial charge in [-0.2, -0.15) is 13.8 Å². The number of likely N-dealkylation sites (tertiary alicyclic amines) is 1. The van der Waals surface area contributed by atoms with Gasteiger partial charge in [0.25, 0.3) is 11.8 Å². The fourth-order valence-electron chi connectivity index (χ4n) is 9.77. The Kier molecular flexibility index (Phi) is 17.0. The highest BCUT2D eigenvalue weighted by atomic mass is 19.3. The van der Waals surface area contributed by atoms with E-state index in [0.29, 0.717) is 58.3 Å². The maximum Gasteiger partial charge on any atom is 0.342 e. The van der Waals surface area contributed by atoms with Crippen molar-refractivity contribution in [2.24, 2.45) is 0 Å². The van der Waals surface area contributed by atoms with Crippen LogP contribution in [0.2, 0.25) is 0 Å². The van der Waals surface area contributed by atoms with Gasteiger partial charge in [-0.1, -0.05) is 38.8 Å². The molecular formula is C51H70F3N9O7. The van der Waals surface area contributed by atoms with Gasteiger partial charge in [-0.25, -0.2) is 9.37 Å². The van der Waals surface area contributed by atoms with Crippen LogP contribution >= 0.6 is 0 Å². The lowest BCUT2D eigenvalue weighted by molar-refractivity contribution is -0.140. The third-order valence-electron chi connectivity index (χ3n) is 14.8. The van der Waals surface area contributed by atoms with E-state index in [2.05, 4.69) is 63.8 Å². The summed E-state index contributed by atoms with van der Waals surface area (Å²) in [7, 11) is 2.66. The smallest absolute Gasteiger partial charge is 0.342 e. The summed E-state index contributed by atoms with van der Waals surface area (Å²) in [5.74, 6) is -6.76. The second kappa shape index (κ2) is 22.7. The first-order valence-electron chi connectivity index (χ1n) is 24.9. The summed E-state index contributed by atoms with van der Waals surface area (Å²) in [6.45, 7) is 11.7. The van der Waals surface area contributed by atoms with Gasteiger partial charge in [-0.05, 0) is 95.4 Å². The molecule has 2 aromatic carbocycles. The van der Waals surface area contributed by atoms with E-state index in [0.717, 1.165) is 80.4 Å². The Bertz CT molecular complexity index is 2330. The van der Waals surface area contributed by atoms with Crippen LogP contribution in [0.25, 0.3) is 0 Å². The topological polar surface area (TPSA) is 180 Å². The highest BCUT2D eigenvalue weighted by Gasteiger charge is 2.49. The van der Waals surface area contributed by atoms with Gasteiger partial charge in [-0.15, -0.1) is 0 Å². The van der Waals surface area contributed by atoms with E-state index in [1.807, 2.05) is 24.3 Å². The van der Waals surface area contributed by atoms with Gasteiger partial charge in [-0.3, -0.25) is 24.5 Å². The van der Waals surface area contributed by atoms with Crippen LogP contribution < -0.4 is 35.8 Å². The molecule has 4 aliphatic rings. The van der Waals surface area contributed by atoms with Crippen LogP contribution in [0.1, 0.15) is 127 Å². The number of nitrogens with zero attached hydrogens (tertiary/aromatic N) is 5. The van der Waals surface area contributed by atoms with Crippen molar-refractivity contribution in [2.45, 2.75) is 140 Å². The van der Waals surface area contributed by atoms with E-state index >= 15 is 13.2 Å². The normalized spacial score (nSPS) is 20.8. The summed E-state index contributed by atoms with van der Waals surface area (Å²) in [6, 6.07) is 9.88. The number of ether oxygens (including phenoxy) is 3. The average molecular weight is 978 g/mol. The first kappa shape index (κ1) is 52.3.